The van der Waals surface area contributed by atoms with Crippen LogP contribution in [0.5, 0.6) is 0 Å². The van der Waals surface area contributed by atoms with Gasteiger partial charge in [-0.1, -0.05) is 0 Å². The van der Waals surface area contributed by atoms with Crippen LogP contribution < -0.4 is 11.3 Å². The van der Waals surface area contributed by atoms with E-state index in [1.807, 2.05) is 32.4 Å². The summed E-state index contributed by atoms with van der Waals surface area (Å²) in [6, 6.07) is 2.10. The van der Waals surface area contributed by atoms with E-state index in [2.05, 4.69) is 21.0 Å². The van der Waals surface area contributed by atoms with Gasteiger partial charge in [0.2, 0.25) is 0 Å². The molecule has 2 aromatic rings. The number of nitrogens with one attached hydrogen (secondary N) is 1. The van der Waals surface area contributed by atoms with Gasteiger partial charge in [0.1, 0.15) is 0 Å². The second-order valence-corrected chi connectivity index (χ2v) is 11.3. The van der Waals surface area contributed by atoms with Gasteiger partial charge in [0.25, 0.3) is 0 Å². The number of nitrogens with zero attached hydrogens (tertiary/aromatic N) is 5. The number of hydrogen-bond acceptors (Lipinski definition) is 10. The van der Waals surface area contributed by atoms with Gasteiger partial charge in [0, 0.05) is 0 Å². The second-order valence-electron chi connectivity index (χ2n) is 8.51. The van der Waals surface area contributed by atoms with Crippen molar-refractivity contribution in [1.82, 2.24) is 24.2 Å². The third kappa shape index (κ3) is 4.93. The summed E-state index contributed by atoms with van der Waals surface area (Å²) < 4.78 is 15.5. The van der Waals surface area contributed by atoms with Crippen molar-refractivity contribution in [3.63, 3.8) is 0 Å². The van der Waals surface area contributed by atoms with Crippen molar-refractivity contribution in [2.45, 2.75) is 71.1 Å². The number of aliphatic hydroxyl groups is 1. The molecule has 3 heterocycles. The van der Waals surface area contributed by atoms with Crippen LogP contribution in [0.2, 0.25) is 0 Å². The Morgan fingerprint density at radius 1 is 1.47 bits per heavy atom. The molecule has 1 saturated heterocycles. The molecule has 0 spiro atoms. The number of anilines is 1. The molecule has 178 valence electrons. The standard InChI is InChI=1S/C19H32N7O5P/c1-11(2)26(12(3)4)32(29,7-5-6-20)30-9-14-13(27)8-15(31-14)25-10-22-16-17(25)23-19(21)24-18(16)28/h10-15,27,29,32H,5,7-9H2,1-4H3,(H3,21,23,24,28)/t13-,14+,15+/m0/s1. The van der Waals surface area contributed by atoms with E-state index in [9.17, 15) is 14.8 Å². The van der Waals surface area contributed by atoms with E-state index < -0.39 is 31.9 Å². The van der Waals surface area contributed by atoms with E-state index in [0.29, 0.717) is 0 Å². The topological polar surface area (TPSA) is 176 Å². The van der Waals surface area contributed by atoms with Crippen molar-refractivity contribution in [2.75, 3.05) is 18.5 Å². The van der Waals surface area contributed by atoms with E-state index in [4.69, 9.17) is 20.3 Å². The van der Waals surface area contributed by atoms with Crippen LogP contribution in [0.25, 0.3) is 11.2 Å². The van der Waals surface area contributed by atoms with Crippen LogP contribution in [0.15, 0.2) is 11.1 Å². The first-order valence-corrected chi connectivity index (χ1v) is 12.7. The van der Waals surface area contributed by atoms with Crippen molar-refractivity contribution in [1.29, 1.82) is 5.26 Å². The van der Waals surface area contributed by atoms with Crippen LogP contribution >= 0.6 is 7.87 Å². The van der Waals surface area contributed by atoms with E-state index in [-0.39, 0.29) is 54.8 Å². The minimum atomic E-state index is -3.44. The van der Waals surface area contributed by atoms with Gasteiger partial charge in [-0.2, -0.15) is 0 Å². The molecule has 13 heteroatoms. The Bertz CT molecular complexity index is 1030. The molecule has 12 nitrogen and oxygen atoms in total. The van der Waals surface area contributed by atoms with Gasteiger partial charge >= 0.3 is 186 Å². The molecule has 0 amide bonds. The molecule has 1 aliphatic rings. The monoisotopic (exact) mass is 469 g/mol. The second kappa shape index (κ2) is 9.79. The summed E-state index contributed by atoms with van der Waals surface area (Å²) in [5.41, 5.74) is 5.58. The number of aliphatic hydroxyl groups excluding tert-OH is 1. The maximum absolute atomic E-state index is 12.0. The molecular weight excluding hydrogens is 437 g/mol. The molecule has 0 bridgehead atoms. The van der Waals surface area contributed by atoms with Gasteiger partial charge in [0.05, 0.1) is 0 Å². The number of fused-ring (bicyclic) bond motifs is 1. The molecule has 5 N–H and O–H groups in total. The van der Waals surface area contributed by atoms with Gasteiger partial charge in [-0.05, 0) is 0 Å². The molecule has 2 aromatic heterocycles. The Balaban J connectivity index is 1.77. The summed E-state index contributed by atoms with van der Waals surface area (Å²) >= 11 is 0. The normalized spacial score (nSPS) is 22.3. The number of imidazole rings is 1. The van der Waals surface area contributed by atoms with Crippen molar-refractivity contribution in [3.8, 4) is 6.07 Å². The number of ether oxygens (including phenoxy) is 1. The molecule has 0 radical (unpaired) electrons. The predicted molar refractivity (Wildman–Crippen MR) is 121 cm³/mol. The molecule has 3 atom stereocenters. The first kappa shape index (κ1) is 24.5. The molecule has 0 saturated carbocycles. The molecular formula is C19H32N7O5P. The molecule has 0 unspecified atom stereocenters. The zero-order valence-electron chi connectivity index (χ0n) is 18.7. The van der Waals surface area contributed by atoms with Gasteiger partial charge in [-0.25, -0.2) is 0 Å². The van der Waals surface area contributed by atoms with E-state index in [1.165, 1.54) is 6.33 Å². The average molecular weight is 469 g/mol. The van der Waals surface area contributed by atoms with Gasteiger partial charge in [-0.15, -0.1) is 0 Å². The number of aromatic amines is 1. The zero-order chi connectivity index (χ0) is 23.6. The summed E-state index contributed by atoms with van der Waals surface area (Å²) in [5.74, 6) is -0.0429. The molecule has 3 rings (SSSR count). The fourth-order valence-corrected chi connectivity index (χ4v) is 7.34. The van der Waals surface area contributed by atoms with Crippen LogP contribution in [0.3, 0.4) is 0 Å². The van der Waals surface area contributed by atoms with Crippen molar-refractivity contribution < 1.29 is 19.3 Å². The van der Waals surface area contributed by atoms with Crippen LogP contribution in [0.1, 0.15) is 46.8 Å². The van der Waals surface area contributed by atoms with Gasteiger partial charge in [-0.3, -0.25) is 0 Å². The molecule has 0 aliphatic carbocycles. The molecule has 1 fully saturated rings. The quantitative estimate of drug-likeness (QED) is 0.386. The van der Waals surface area contributed by atoms with Crippen molar-refractivity contribution in [3.05, 3.63) is 16.7 Å². The number of H-pyrrole nitrogens is 1. The van der Waals surface area contributed by atoms with E-state index in [0.717, 1.165) is 0 Å². The third-order valence-electron chi connectivity index (χ3n) is 5.52. The Morgan fingerprint density at radius 3 is 2.78 bits per heavy atom. The first-order valence-electron chi connectivity index (χ1n) is 10.6. The Morgan fingerprint density at radius 2 is 2.16 bits per heavy atom. The Labute approximate surface area is 186 Å². The van der Waals surface area contributed by atoms with Crippen LogP contribution in [-0.4, -0.2) is 71.2 Å². The number of nitrogen functional groups attached to an aromatic ring is 1. The minimum absolute atomic E-state index is 0.0134. The average Bonchev–Trinajstić information content (AvgIpc) is 3.27. The van der Waals surface area contributed by atoms with Crippen LogP contribution in [0, 0.1) is 11.3 Å². The fourth-order valence-electron chi connectivity index (χ4n) is 4.30. The fraction of sp³-hybridized carbons (Fsp3) is 0.684. The summed E-state index contributed by atoms with van der Waals surface area (Å²) in [6.45, 7) is 7.83. The van der Waals surface area contributed by atoms with Gasteiger partial charge < -0.3 is 0 Å². The summed E-state index contributed by atoms with van der Waals surface area (Å²) in [5, 5.41) is 19.6. The molecule has 0 aromatic carbocycles. The maximum atomic E-state index is 12.0. The summed E-state index contributed by atoms with van der Waals surface area (Å²) in [7, 11) is -3.44. The summed E-state index contributed by atoms with van der Waals surface area (Å²) in [4.78, 5) is 34.0. The van der Waals surface area contributed by atoms with Crippen LogP contribution in [0.4, 0.5) is 5.95 Å². The molecule has 32 heavy (non-hydrogen) atoms. The first-order chi connectivity index (χ1) is 15.1. The van der Waals surface area contributed by atoms with E-state index in [1.54, 1.807) is 4.57 Å². The zero-order valence-corrected chi connectivity index (χ0v) is 19.7. The summed E-state index contributed by atoms with van der Waals surface area (Å²) in [6.07, 6.45) is -0.162. The Kier molecular flexibility index (Phi) is 7.50. The third-order valence-corrected chi connectivity index (χ3v) is 8.89. The van der Waals surface area contributed by atoms with Gasteiger partial charge in [0.15, 0.2) is 0 Å². The number of rotatable bonds is 9. The number of aromatic nitrogens is 4. The number of nitriles is 1. The SMILES string of the molecule is CC(C)N(C(C)C)[PH](O)(CCC#N)OC[C@H]1O[C@@H](n2cnc3c(=O)[nH]c(N)nc32)C[C@@H]1O. The van der Waals surface area contributed by atoms with Crippen molar-refractivity contribution in [2.24, 2.45) is 0 Å². The van der Waals surface area contributed by atoms with E-state index >= 15 is 0 Å². The van der Waals surface area contributed by atoms with Crippen molar-refractivity contribution >= 4 is 25.0 Å². The van der Waals surface area contributed by atoms with Crippen LogP contribution in [-0.2, 0) is 9.26 Å². The number of nitrogens with two attached hydrogens (primary N) is 1. The predicted octanol–water partition coefficient (Wildman–Crippen LogP) is 0.886. The number of hydrogen-bond donors (Lipinski definition) is 4. The molecule has 1 aliphatic heterocycles. The Hall–Kier alpha value is -2.13.